The van der Waals surface area contributed by atoms with Gasteiger partial charge in [0.05, 0.1) is 0 Å². The molecule has 4 aromatic rings. The normalized spacial score (nSPS) is 17.0. The van der Waals surface area contributed by atoms with E-state index in [0.29, 0.717) is 19.1 Å². The number of hydrogen-bond acceptors (Lipinski definition) is 0. The second kappa shape index (κ2) is 14.3. The van der Waals surface area contributed by atoms with Crippen molar-refractivity contribution in [3.63, 3.8) is 0 Å². The molecule has 0 aliphatic heterocycles. The Bertz CT molecular complexity index is 1640. The SMILES string of the molecule is CCCC1=Cc2c(-c3ccccc3C(C)C)cccc2[CH]1[Zr]([CH]1C(CCC)=Cc2c(-c3ccccc3C(C)C)cccc21)[SiH](C)C. The Morgan fingerprint density at radius 3 is 1.30 bits per heavy atom. The van der Waals surface area contributed by atoms with Crippen molar-refractivity contribution in [1.82, 2.24) is 0 Å². The Morgan fingerprint density at radius 1 is 0.543 bits per heavy atom. The summed E-state index contributed by atoms with van der Waals surface area (Å²) in [6.07, 6.45) is 10.3. The number of hydrogen-bond donors (Lipinski definition) is 0. The first kappa shape index (κ1) is 33.4. The molecule has 0 fully saturated rings. The van der Waals surface area contributed by atoms with Crippen LogP contribution in [-0.4, -0.2) is 5.92 Å². The first-order valence-corrected chi connectivity index (χ1v) is 28.0. The fraction of sp³-hybridized carbons (Fsp3) is 0.364. The van der Waals surface area contributed by atoms with Gasteiger partial charge >= 0.3 is 290 Å². The minimum atomic E-state index is -2.18. The molecule has 0 heterocycles. The fourth-order valence-corrected chi connectivity index (χ4v) is 31.4. The van der Waals surface area contributed by atoms with E-state index in [0.717, 1.165) is 0 Å². The van der Waals surface area contributed by atoms with Crippen molar-refractivity contribution in [2.75, 3.05) is 0 Å². The number of allylic oxidation sites excluding steroid dienone is 2. The Balaban J connectivity index is 1.53. The van der Waals surface area contributed by atoms with E-state index in [1.165, 1.54) is 70.2 Å². The summed E-state index contributed by atoms with van der Waals surface area (Å²) in [5, 5.41) is 0. The molecule has 0 N–H and O–H groups in total. The van der Waals surface area contributed by atoms with Crippen molar-refractivity contribution in [2.24, 2.45) is 0 Å². The first-order valence-electron chi connectivity index (χ1n) is 18.0. The van der Waals surface area contributed by atoms with Crippen LogP contribution in [-0.2, 0) is 20.9 Å². The van der Waals surface area contributed by atoms with Crippen molar-refractivity contribution in [3.8, 4) is 22.3 Å². The molecule has 0 nitrogen and oxygen atoms in total. The quantitative estimate of drug-likeness (QED) is 0.137. The van der Waals surface area contributed by atoms with Crippen LogP contribution in [0.25, 0.3) is 34.4 Å². The summed E-state index contributed by atoms with van der Waals surface area (Å²) in [4.78, 5) is 0. The topological polar surface area (TPSA) is 0 Å². The van der Waals surface area contributed by atoms with E-state index in [1.54, 1.807) is 22.3 Å². The summed E-state index contributed by atoms with van der Waals surface area (Å²) in [7, 11) is 0. The molecule has 0 amide bonds. The standard InChI is InChI=1S/2C21H23.C2H7Si.Zr/c2*1-4-8-16-13-17-9-7-12-20(21(17)14-16)19-11-6-5-10-18(19)15(2)3;1-3-2;/h2*5-7,9-15H,4,8H2,1-3H3;3H,1-2H3;. The zero-order valence-electron chi connectivity index (χ0n) is 29.5. The van der Waals surface area contributed by atoms with Gasteiger partial charge in [0.1, 0.15) is 0 Å². The molecule has 6 rings (SSSR count). The molecule has 2 aliphatic carbocycles. The fourth-order valence-electron chi connectivity index (χ4n) is 8.52. The minimum absolute atomic E-state index is 0.504. The molecule has 0 saturated carbocycles. The molecule has 4 aromatic carbocycles. The van der Waals surface area contributed by atoms with Gasteiger partial charge in [0.2, 0.25) is 0 Å². The van der Waals surface area contributed by atoms with Crippen molar-refractivity contribution in [3.05, 3.63) is 129 Å². The monoisotopic (exact) mass is 699 g/mol. The third-order valence-corrected chi connectivity index (χ3v) is 32.2. The van der Waals surface area contributed by atoms with Crippen LogP contribution in [0.15, 0.2) is 96.1 Å². The predicted octanol–water partition coefficient (Wildman–Crippen LogP) is 13.0. The van der Waals surface area contributed by atoms with Crippen molar-refractivity contribution in [1.29, 1.82) is 0 Å². The third kappa shape index (κ3) is 6.10. The molecule has 0 spiro atoms. The van der Waals surface area contributed by atoms with Gasteiger partial charge in [-0.25, -0.2) is 0 Å². The van der Waals surface area contributed by atoms with Crippen LogP contribution < -0.4 is 0 Å². The molecule has 0 saturated heterocycles. The molecular weight excluding hydrogens is 648 g/mol. The van der Waals surface area contributed by atoms with Gasteiger partial charge in [-0.05, 0) is 0 Å². The van der Waals surface area contributed by atoms with Crippen molar-refractivity contribution >= 4 is 18.1 Å². The molecule has 0 bridgehead atoms. The average Bonchev–Trinajstić information content (AvgIpc) is 3.59. The maximum absolute atomic E-state index is 2.72. The zero-order valence-corrected chi connectivity index (χ0v) is 33.1. The van der Waals surface area contributed by atoms with Gasteiger partial charge in [0.15, 0.2) is 0 Å². The molecule has 46 heavy (non-hydrogen) atoms. The Hall–Kier alpha value is -2.54. The van der Waals surface area contributed by atoms with E-state index in [-0.39, 0.29) is 0 Å². The van der Waals surface area contributed by atoms with Gasteiger partial charge in [0, 0.05) is 0 Å². The van der Waals surface area contributed by atoms with Gasteiger partial charge in [-0.1, -0.05) is 0 Å². The van der Waals surface area contributed by atoms with E-state index in [2.05, 4.69) is 152 Å². The van der Waals surface area contributed by atoms with Crippen LogP contribution in [0.1, 0.15) is 120 Å². The number of rotatable bonds is 11. The second-order valence-corrected chi connectivity index (χ2v) is 34.6. The predicted molar refractivity (Wildman–Crippen MR) is 202 cm³/mol. The van der Waals surface area contributed by atoms with E-state index < -0.39 is 26.8 Å². The van der Waals surface area contributed by atoms with Crippen molar-refractivity contribution in [2.45, 2.75) is 99.4 Å². The van der Waals surface area contributed by atoms with E-state index in [9.17, 15) is 0 Å². The Morgan fingerprint density at radius 2 is 0.935 bits per heavy atom. The van der Waals surface area contributed by atoms with E-state index >= 15 is 0 Å². The third-order valence-electron chi connectivity index (χ3n) is 10.5. The number of benzene rings is 4. The van der Waals surface area contributed by atoms with Crippen LogP contribution in [0, 0.1) is 0 Å². The van der Waals surface area contributed by atoms with Gasteiger partial charge in [-0.15, -0.1) is 0 Å². The van der Waals surface area contributed by atoms with Crippen LogP contribution in [0.4, 0.5) is 0 Å². The first-order chi connectivity index (χ1) is 22.3. The van der Waals surface area contributed by atoms with Crippen molar-refractivity contribution < 1.29 is 20.9 Å². The second-order valence-electron chi connectivity index (χ2n) is 14.6. The van der Waals surface area contributed by atoms with Crippen LogP contribution in [0.5, 0.6) is 0 Å². The van der Waals surface area contributed by atoms with Crippen LogP contribution >= 0.6 is 0 Å². The summed E-state index contributed by atoms with van der Waals surface area (Å²) in [6.45, 7) is 19.6. The zero-order chi connectivity index (χ0) is 32.5. The molecule has 2 aliphatic rings. The van der Waals surface area contributed by atoms with Gasteiger partial charge in [-0.2, -0.15) is 0 Å². The summed E-state index contributed by atoms with van der Waals surface area (Å²) in [5.74, 6) is 0.0552. The summed E-state index contributed by atoms with van der Waals surface area (Å²) < 4.78 is 1.36. The molecular formula is C44H53SiZr. The average molecular weight is 701 g/mol. The maximum atomic E-state index is 2.72. The molecule has 2 atom stereocenters. The van der Waals surface area contributed by atoms with E-state index in [1.807, 2.05) is 0 Å². The summed E-state index contributed by atoms with van der Waals surface area (Å²) >= 11 is -2.18. The van der Waals surface area contributed by atoms with Crippen LogP contribution in [0.3, 0.4) is 0 Å². The number of fused-ring (bicyclic) bond motifs is 2. The molecule has 2 unspecified atom stereocenters. The van der Waals surface area contributed by atoms with Crippen LogP contribution in [0.2, 0.25) is 13.1 Å². The van der Waals surface area contributed by atoms with E-state index in [4.69, 9.17) is 0 Å². The molecule has 2 heteroatoms. The molecule has 0 aromatic heterocycles. The van der Waals surface area contributed by atoms with Gasteiger partial charge < -0.3 is 0 Å². The Kier molecular flexibility index (Phi) is 10.4. The summed E-state index contributed by atoms with van der Waals surface area (Å²) in [5.41, 5.74) is 18.6. The van der Waals surface area contributed by atoms with Gasteiger partial charge in [-0.3, -0.25) is 0 Å². The molecule has 237 valence electrons. The summed E-state index contributed by atoms with van der Waals surface area (Å²) in [6, 6.07) is 33.0. The Labute approximate surface area is 288 Å². The molecule has 0 radical (unpaired) electrons. The van der Waals surface area contributed by atoms with Gasteiger partial charge in [0.25, 0.3) is 0 Å².